The maximum absolute atomic E-state index is 13.1. The van der Waals surface area contributed by atoms with E-state index in [1.807, 2.05) is 0 Å². The number of aryl methyl sites for hydroxylation is 1. The van der Waals surface area contributed by atoms with Crippen molar-refractivity contribution in [2.45, 2.75) is 12.8 Å². The van der Waals surface area contributed by atoms with Crippen LogP contribution in [0.5, 0.6) is 0 Å². The summed E-state index contributed by atoms with van der Waals surface area (Å²) in [7, 11) is 0. The third kappa shape index (κ3) is 3.40. The van der Waals surface area contributed by atoms with E-state index < -0.39 is 0 Å². The first-order valence-electron chi connectivity index (χ1n) is 3.82. The quantitative estimate of drug-likeness (QED) is 0.848. The van der Waals surface area contributed by atoms with E-state index in [1.165, 1.54) is 6.07 Å². The van der Waals surface area contributed by atoms with Crippen molar-refractivity contribution in [1.29, 1.82) is 0 Å². The zero-order chi connectivity index (χ0) is 9.84. The van der Waals surface area contributed by atoms with Gasteiger partial charge in [-0.3, -0.25) is 0 Å². The Balaban J connectivity index is 2.75. The molecule has 0 aromatic heterocycles. The van der Waals surface area contributed by atoms with Crippen LogP contribution in [0.1, 0.15) is 12.0 Å². The summed E-state index contributed by atoms with van der Waals surface area (Å²) in [5.74, 6) is -0.209. The fourth-order valence-electron chi connectivity index (χ4n) is 0.993. The Hall–Kier alpha value is -0.480. The van der Waals surface area contributed by atoms with Gasteiger partial charge in [0.2, 0.25) is 0 Å². The Labute approximate surface area is 90.3 Å². The predicted octanol–water partition coefficient (Wildman–Crippen LogP) is 2.81. The topological polar surface area (TPSA) is 26.0 Å². The van der Waals surface area contributed by atoms with Gasteiger partial charge >= 0.3 is 0 Å². The van der Waals surface area contributed by atoms with Crippen molar-refractivity contribution in [3.05, 3.63) is 34.1 Å². The van der Waals surface area contributed by atoms with Gasteiger partial charge in [-0.1, -0.05) is 28.1 Å². The van der Waals surface area contributed by atoms with Crippen molar-refractivity contribution in [3.8, 4) is 0 Å². The molecular weight excluding hydrogens is 253 g/mol. The second-order valence-corrected chi connectivity index (χ2v) is 4.14. The van der Waals surface area contributed by atoms with Crippen molar-refractivity contribution in [2.75, 3.05) is 0 Å². The lowest BCUT2D eigenvalue weighted by Crippen LogP contribution is -2.09. The second-order valence-electron chi connectivity index (χ2n) is 2.70. The van der Waals surface area contributed by atoms with Crippen molar-refractivity contribution in [2.24, 2.45) is 5.73 Å². The third-order valence-electron chi connectivity index (χ3n) is 1.65. The smallest absolute Gasteiger partial charge is 0.126 e. The molecule has 0 aliphatic heterocycles. The molecule has 1 rings (SSSR count). The lowest BCUT2D eigenvalue weighted by molar-refractivity contribution is 0.610. The van der Waals surface area contributed by atoms with Crippen LogP contribution in [0.4, 0.5) is 4.39 Å². The zero-order valence-electron chi connectivity index (χ0n) is 6.89. The molecule has 0 heterocycles. The monoisotopic (exact) mass is 261 g/mol. The van der Waals surface area contributed by atoms with E-state index in [2.05, 4.69) is 15.9 Å². The van der Waals surface area contributed by atoms with Gasteiger partial charge in [0.25, 0.3) is 0 Å². The lowest BCUT2D eigenvalue weighted by atomic mass is 10.1. The number of rotatable bonds is 3. The fraction of sp³-hybridized carbons (Fsp3) is 0.222. The summed E-state index contributed by atoms with van der Waals surface area (Å²) in [6.45, 7) is 0. The highest BCUT2D eigenvalue weighted by Crippen LogP contribution is 2.16. The first kappa shape index (κ1) is 10.6. The van der Waals surface area contributed by atoms with Crippen LogP contribution in [0.2, 0.25) is 0 Å². The van der Waals surface area contributed by atoms with E-state index in [4.69, 9.17) is 18.0 Å². The third-order valence-corrected chi connectivity index (χ3v) is 2.35. The Kier molecular flexibility index (Phi) is 3.81. The minimum atomic E-state index is -0.209. The summed E-state index contributed by atoms with van der Waals surface area (Å²) >= 11 is 7.99. The molecule has 0 fully saturated rings. The van der Waals surface area contributed by atoms with Crippen LogP contribution in [0.3, 0.4) is 0 Å². The summed E-state index contributed by atoms with van der Waals surface area (Å²) in [5, 5.41) is 0. The van der Waals surface area contributed by atoms with E-state index in [9.17, 15) is 4.39 Å². The first-order chi connectivity index (χ1) is 6.09. The molecule has 70 valence electrons. The average molecular weight is 262 g/mol. The highest BCUT2D eigenvalue weighted by atomic mass is 79.9. The molecule has 0 atom stereocenters. The molecule has 0 radical (unpaired) electrons. The van der Waals surface area contributed by atoms with Gasteiger partial charge in [-0.2, -0.15) is 0 Å². The molecule has 0 unspecified atom stereocenters. The van der Waals surface area contributed by atoms with E-state index in [0.717, 1.165) is 4.47 Å². The first-order valence-corrected chi connectivity index (χ1v) is 5.02. The SMILES string of the molecule is NC(=S)CCc1cc(Br)ccc1F. The molecule has 0 saturated heterocycles. The molecule has 0 aliphatic carbocycles. The van der Waals surface area contributed by atoms with Gasteiger partial charge in [-0.15, -0.1) is 0 Å². The van der Waals surface area contributed by atoms with Gasteiger partial charge in [0.05, 0.1) is 4.99 Å². The molecule has 1 aromatic carbocycles. The molecule has 0 spiro atoms. The second kappa shape index (κ2) is 4.67. The van der Waals surface area contributed by atoms with Gasteiger partial charge < -0.3 is 5.73 Å². The Morgan fingerprint density at radius 1 is 1.54 bits per heavy atom. The summed E-state index contributed by atoms with van der Waals surface area (Å²) in [6.07, 6.45) is 1.10. The van der Waals surface area contributed by atoms with Crippen LogP contribution in [-0.2, 0) is 6.42 Å². The predicted molar refractivity (Wildman–Crippen MR) is 59.2 cm³/mol. The van der Waals surface area contributed by atoms with Crippen molar-refractivity contribution in [3.63, 3.8) is 0 Å². The van der Waals surface area contributed by atoms with Crippen molar-refractivity contribution < 1.29 is 4.39 Å². The van der Waals surface area contributed by atoms with E-state index in [0.29, 0.717) is 23.4 Å². The largest absolute Gasteiger partial charge is 0.393 e. The average Bonchev–Trinajstić information content (AvgIpc) is 2.06. The van der Waals surface area contributed by atoms with Gasteiger partial charge in [-0.25, -0.2) is 4.39 Å². The molecule has 0 aliphatic rings. The lowest BCUT2D eigenvalue weighted by Gasteiger charge is -2.02. The van der Waals surface area contributed by atoms with E-state index >= 15 is 0 Å². The van der Waals surface area contributed by atoms with Crippen molar-refractivity contribution >= 4 is 33.1 Å². The minimum Gasteiger partial charge on any atom is -0.393 e. The number of hydrogen-bond donors (Lipinski definition) is 1. The van der Waals surface area contributed by atoms with Crippen LogP contribution in [0, 0.1) is 5.82 Å². The number of halogens is 2. The Morgan fingerprint density at radius 3 is 2.85 bits per heavy atom. The normalized spacial score (nSPS) is 10.0. The molecule has 0 amide bonds. The van der Waals surface area contributed by atoms with Crippen LogP contribution in [-0.4, -0.2) is 4.99 Å². The summed E-state index contributed by atoms with van der Waals surface area (Å²) in [5.41, 5.74) is 5.97. The van der Waals surface area contributed by atoms with E-state index in [-0.39, 0.29) is 5.82 Å². The Morgan fingerprint density at radius 2 is 2.23 bits per heavy atom. The van der Waals surface area contributed by atoms with Gasteiger partial charge in [0.1, 0.15) is 5.82 Å². The van der Waals surface area contributed by atoms with Crippen LogP contribution in [0.25, 0.3) is 0 Å². The van der Waals surface area contributed by atoms with Crippen LogP contribution >= 0.6 is 28.1 Å². The molecule has 1 aromatic rings. The summed E-state index contributed by atoms with van der Waals surface area (Å²) in [6, 6.07) is 4.84. The Bertz CT molecular complexity index is 327. The standard InChI is InChI=1S/C9H9BrFNS/c10-7-2-3-8(11)6(5-7)1-4-9(12)13/h2-3,5H,1,4H2,(H2,12,13). The molecule has 4 heteroatoms. The number of hydrogen-bond acceptors (Lipinski definition) is 1. The minimum absolute atomic E-state index is 0.209. The maximum atomic E-state index is 13.1. The number of nitrogens with two attached hydrogens (primary N) is 1. The highest BCUT2D eigenvalue weighted by molar-refractivity contribution is 9.10. The fourth-order valence-corrected chi connectivity index (χ4v) is 1.50. The molecule has 1 nitrogen and oxygen atoms in total. The zero-order valence-corrected chi connectivity index (χ0v) is 9.29. The van der Waals surface area contributed by atoms with Gasteiger partial charge in [-0.05, 0) is 30.2 Å². The molecular formula is C9H9BrFNS. The maximum Gasteiger partial charge on any atom is 0.126 e. The molecule has 0 bridgehead atoms. The molecule has 0 saturated carbocycles. The van der Waals surface area contributed by atoms with Crippen molar-refractivity contribution in [1.82, 2.24) is 0 Å². The van der Waals surface area contributed by atoms with Crippen LogP contribution < -0.4 is 5.73 Å². The van der Waals surface area contributed by atoms with Gasteiger partial charge in [0, 0.05) is 10.9 Å². The summed E-state index contributed by atoms with van der Waals surface area (Å²) < 4.78 is 14.0. The van der Waals surface area contributed by atoms with E-state index in [1.54, 1.807) is 12.1 Å². The molecule has 13 heavy (non-hydrogen) atoms. The van der Waals surface area contributed by atoms with Crippen LogP contribution in [0.15, 0.2) is 22.7 Å². The number of thiocarbonyl (C=S) groups is 1. The van der Waals surface area contributed by atoms with Gasteiger partial charge in [0.15, 0.2) is 0 Å². The highest BCUT2D eigenvalue weighted by Gasteiger charge is 2.02. The molecule has 2 N–H and O–H groups in total. The number of benzene rings is 1. The summed E-state index contributed by atoms with van der Waals surface area (Å²) in [4.78, 5) is 0.416.